The Bertz CT molecular complexity index is 1270. The highest BCUT2D eigenvalue weighted by Crippen LogP contribution is 2.27. The van der Waals surface area contributed by atoms with Crippen LogP contribution >= 0.6 is 0 Å². The summed E-state index contributed by atoms with van der Waals surface area (Å²) < 4.78 is 33.4. The normalized spacial score (nSPS) is 17.0. The van der Waals surface area contributed by atoms with Crippen LogP contribution < -0.4 is 5.32 Å². The van der Waals surface area contributed by atoms with Crippen molar-refractivity contribution in [2.24, 2.45) is 0 Å². The number of carbonyl (C=O) groups is 1. The van der Waals surface area contributed by atoms with E-state index < -0.39 is 15.9 Å². The Hall–Kier alpha value is -3.04. The monoisotopic (exact) mass is 482 g/mol. The second-order valence-corrected chi connectivity index (χ2v) is 10.7. The van der Waals surface area contributed by atoms with Gasteiger partial charge in [-0.3, -0.25) is 10.1 Å². The molecule has 0 aliphatic carbocycles. The standard InChI is InChI=1S/C25H30N4O4S/c1-4-21-7-5-6-14-29(21)34(31,32)22-12-10-19(11-13-22)24(30)26-25-28-27-23(33-25)16-20-9-8-17(2)15-18(20)3/h8-13,15,21H,4-7,14,16H2,1-3H3,(H,26,28,30). The summed E-state index contributed by atoms with van der Waals surface area (Å²) in [6.07, 6.45) is 4.05. The molecule has 1 aliphatic rings. The summed E-state index contributed by atoms with van der Waals surface area (Å²) in [5.41, 5.74) is 3.69. The SMILES string of the molecule is CCC1CCCCN1S(=O)(=O)c1ccc(C(=O)Nc2nnc(Cc3ccc(C)cc3C)o2)cc1. The fraction of sp³-hybridized carbons (Fsp3) is 0.400. The quantitative estimate of drug-likeness (QED) is 0.532. The van der Waals surface area contributed by atoms with E-state index in [4.69, 9.17) is 4.42 Å². The summed E-state index contributed by atoms with van der Waals surface area (Å²) >= 11 is 0. The number of rotatable bonds is 7. The topological polar surface area (TPSA) is 105 Å². The molecule has 1 amide bonds. The minimum atomic E-state index is -3.60. The molecule has 1 saturated heterocycles. The van der Waals surface area contributed by atoms with Gasteiger partial charge >= 0.3 is 6.01 Å². The van der Waals surface area contributed by atoms with Crippen LogP contribution in [0.2, 0.25) is 0 Å². The van der Waals surface area contributed by atoms with Crippen molar-refractivity contribution in [1.82, 2.24) is 14.5 Å². The average molecular weight is 483 g/mol. The maximum atomic E-state index is 13.1. The van der Waals surface area contributed by atoms with Crippen molar-refractivity contribution >= 4 is 21.9 Å². The molecular formula is C25H30N4O4S. The van der Waals surface area contributed by atoms with Crippen molar-refractivity contribution in [2.75, 3.05) is 11.9 Å². The number of carbonyl (C=O) groups excluding carboxylic acids is 1. The molecule has 0 spiro atoms. The van der Waals surface area contributed by atoms with Gasteiger partial charge in [0.2, 0.25) is 15.9 Å². The maximum absolute atomic E-state index is 13.1. The van der Waals surface area contributed by atoms with Gasteiger partial charge < -0.3 is 4.42 Å². The molecule has 0 saturated carbocycles. The zero-order valence-electron chi connectivity index (χ0n) is 19.7. The number of sulfonamides is 1. The van der Waals surface area contributed by atoms with Crippen LogP contribution in [0.15, 0.2) is 51.8 Å². The van der Waals surface area contributed by atoms with Crippen molar-refractivity contribution in [1.29, 1.82) is 0 Å². The van der Waals surface area contributed by atoms with Crippen LogP contribution in [0.1, 0.15) is 65.5 Å². The molecule has 2 heterocycles. The second kappa shape index (κ2) is 10.1. The Kier molecular flexibility index (Phi) is 7.13. The Labute approximate surface area is 200 Å². The average Bonchev–Trinajstić information content (AvgIpc) is 3.27. The number of nitrogens with one attached hydrogen (secondary N) is 1. The minimum absolute atomic E-state index is 0.000525. The van der Waals surface area contributed by atoms with Gasteiger partial charge in [0, 0.05) is 18.2 Å². The van der Waals surface area contributed by atoms with Crippen LogP contribution in [-0.4, -0.2) is 41.4 Å². The zero-order valence-corrected chi connectivity index (χ0v) is 20.6. The lowest BCUT2D eigenvalue weighted by Crippen LogP contribution is -2.43. The predicted octanol–water partition coefficient (Wildman–Crippen LogP) is 4.48. The van der Waals surface area contributed by atoms with Gasteiger partial charge in [-0.05, 0) is 68.5 Å². The summed E-state index contributed by atoms with van der Waals surface area (Å²) in [5.74, 6) is -0.0502. The first kappa shape index (κ1) is 24.1. The molecule has 1 aromatic heterocycles. The smallest absolute Gasteiger partial charge is 0.322 e. The third kappa shape index (κ3) is 5.20. The Morgan fingerprint density at radius 3 is 2.59 bits per heavy atom. The van der Waals surface area contributed by atoms with Crippen LogP contribution in [0.5, 0.6) is 0 Å². The first-order chi connectivity index (χ1) is 16.3. The van der Waals surface area contributed by atoms with E-state index in [9.17, 15) is 13.2 Å². The van der Waals surface area contributed by atoms with Gasteiger partial charge in [0.25, 0.3) is 5.91 Å². The lowest BCUT2D eigenvalue weighted by molar-refractivity contribution is 0.102. The fourth-order valence-corrected chi connectivity index (χ4v) is 6.13. The van der Waals surface area contributed by atoms with Gasteiger partial charge in [-0.2, -0.15) is 4.31 Å². The molecule has 1 N–H and O–H groups in total. The maximum Gasteiger partial charge on any atom is 0.322 e. The molecule has 4 rings (SSSR count). The molecule has 1 atom stereocenters. The number of hydrogen-bond acceptors (Lipinski definition) is 6. The molecule has 9 heteroatoms. The number of benzene rings is 2. The van der Waals surface area contributed by atoms with E-state index in [-0.39, 0.29) is 17.0 Å². The third-order valence-electron chi connectivity index (χ3n) is 6.29. The Morgan fingerprint density at radius 2 is 1.88 bits per heavy atom. The minimum Gasteiger partial charge on any atom is -0.407 e. The van der Waals surface area contributed by atoms with Crippen LogP contribution in [0.3, 0.4) is 0 Å². The Morgan fingerprint density at radius 1 is 1.12 bits per heavy atom. The van der Waals surface area contributed by atoms with Gasteiger partial charge in [0.1, 0.15) is 0 Å². The summed E-state index contributed by atoms with van der Waals surface area (Å²) in [6, 6.07) is 12.1. The molecule has 1 fully saturated rings. The van der Waals surface area contributed by atoms with Gasteiger partial charge in [-0.15, -0.1) is 5.10 Å². The van der Waals surface area contributed by atoms with Crippen LogP contribution in [0, 0.1) is 13.8 Å². The number of hydrogen-bond donors (Lipinski definition) is 1. The molecule has 1 aliphatic heterocycles. The summed E-state index contributed by atoms with van der Waals surface area (Å²) in [4.78, 5) is 12.8. The largest absolute Gasteiger partial charge is 0.407 e. The highest BCUT2D eigenvalue weighted by atomic mass is 32.2. The Balaban J connectivity index is 1.42. The molecule has 2 aromatic carbocycles. The van der Waals surface area contributed by atoms with Gasteiger partial charge in [0.15, 0.2) is 0 Å². The molecule has 0 bridgehead atoms. The van der Waals surface area contributed by atoms with Gasteiger partial charge in [-0.1, -0.05) is 42.2 Å². The highest BCUT2D eigenvalue weighted by molar-refractivity contribution is 7.89. The lowest BCUT2D eigenvalue weighted by atomic mass is 10.0. The van der Waals surface area contributed by atoms with E-state index in [1.54, 1.807) is 4.31 Å². The number of aryl methyl sites for hydroxylation is 2. The van der Waals surface area contributed by atoms with Gasteiger partial charge in [-0.25, -0.2) is 8.42 Å². The molecule has 8 nitrogen and oxygen atoms in total. The number of anilines is 1. The number of nitrogens with zero attached hydrogens (tertiary/aromatic N) is 3. The summed E-state index contributed by atoms with van der Waals surface area (Å²) in [7, 11) is -3.60. The number of amides is 1. The fourth-order valence-electron chi connectivity index (χ4n) is 4.36. The zero-order chi connectivity index (χ0) is 24.3. The van der Waals surface area contributed by atoms with Crippen molar-refractivity contribution in [2.45, 2.75) is 63.8 Å². The van der Waals surface area contributed by atoms with E-state index >= 15 is 0 Å². The van der Waals surface area contributed by atoms with Crippen molar-refractivity contribution in [3.63, 3.8) is 0 Å². The number of piperidine rings is 1. The molecule has 180 valence electrons. The van der Waals surface area contributed by atoms with E-state index in [2.05, 4.69) is 21.6 Å². The van der Waals surface area contributed by atoms with Gasteiger partial charge in [0.05, 0.1) is 11.3 Å². The molecule has 3 aromatic rings. The second-order valence-electron chi connectivity index (χ2n) is 8.76. The third-order valence-corrected chi connectivity index (χ3v) is 8.26. The van der Waals surface area contributed by atoms with E-state index in [1.165, 1.54) is 29.8 Å². The first-order valence-corrected chi connectivity index (χ1v) is 13.0. The van der Waals surface area contributed by atoms with Crippen LogP contribution in [0.4, 0.5) is 6.01 Å². The van der Waals surface area contributed by atoms with E-state index in [0.717, 1.165) is 36.8 Å². The molecule has 0 radical (unpaired) electrons. The number of aromatic nitrogens is 2. The predicted molar refractivity (Wildman–Crippen MR) is 129 cm³/mol. The lowest BCUT2D eigenvalue weighted by Gasteiger charge is -2.34. The van der Waals surface area contributed by atoms with Crippen molar-refractivity contribution in [3.8, 4) is 0 Å². The summed E-state index contributed by atoms with van der Waals surface area (Å²) in [6.45, 7) is 6.61. The van der Waals surface area contributed by atoms with Crippen molar-refractivity contribution in [3.05, 3.63) is 70.6 Å². The first-order valence-electron chi connectivity index (χ1n) is 11.6. The molecule has 1 unspecified atom stereocenters. The van der Waals surface area contributed by atoms with E-state index in [0.29, 0.717) is 24.4 Å². The highest BCUT2D eigenvalue weighted by Gasteiger charge is 2.32. The van der Waals surface area contributed by atoms with E-state index in [1.807, 2.05) is 32.9 Å². The van der Waals surface area contributed by atoms with Crippen molar-refractivity contribution < 1.29 is 17.6 Å². The molecule has 34 heavy (non-hydrogen) atoms. The van der Waals surface area contributed by atoms with Crippen LogP contribution in [0.25, 0.3) is 0 Å². The summed E-state index contributed by atoms with van der Waals surface area (Å²) in [5, 5.41) is 10.5. The molecular weight excluding hydrogens is 452 g/mol. The van der Waals surface area contributed by atoms with Crippen LogP contribution in [-0.2, 0) is 16.4 Å².